The molecule has 0 aliphatic carbocycles. The molecule has 0 heterocycles. The van der Waals surface area contributed by atoms with E-state index in [0.29, 0.717) is 24.7 Å². The van der Waals surface area contributed by atoms with Crippen molar-refractivity contribution in [3.63, 3.8) is 0 Å². The number of aliphatic hydroxyl groups excluding tert-OH is 1. The van der Waals surface area contributed by atoms with Crippen molar-refractivity contribution in [1.82, 2.24) is 10.6 Å². The van der Waals surface area contributed by atoms with Gasteiger partial charge in [0, 0.05) is 36.8 Å². The fourth-order valence-electron chi connectivity index (χ4n) is 2.38. The van der Waals surface area contributed by atoms with Gasteiger partial charge in [0.15, 0.2) is 0 Å². The second-order valence-electron chi connectivity index (χ2n) is 6.26. The van der Waals surface area contributed by atoms with Gasteiger partial charge in [-0.1, -0.05) is 41.4 Å². The Kier molecular flexibility index (Phi) is 8.22. The Morgan fingerprint density at radius 1 is 1.08 bits per heavy atom. The summed E-state index contributed by atoms with van der Waals surface area (Å²) in [5, 5.41) is 16.5. The average Bonchev–Trinajstić information content (AvgIpc) is 2.58. The van der Waals surface area contributed by atoms with Crippen molar-refractivity contribution in [3.05, 3.63) is 64.2 Å². The second kappa shape index (κ2) is 10.4. The molecule has 2 aromatic carbocycles. The first kappa shape index (κ1) is 19.7. The Bertz CT molecular complexity index is 645. The third-order valence-electron chi connectivity index (χ3n) is 3.77. The van der Waals surface area contributed by atoms with E-state index in [4.69, 9.17) is 16.3 Å². The fourth-order valence-corrected chi connectivity index (χ4v) is 2.58. The van der Waals surface area contributed by atoms with Gasteiger partial charge in [-0.25, -0.2) is 0 Å². The summed E-state index contributed by atoms with van der Waals surface area (Å²) in [7, 11) is 0. The molecule has 4 nitrogen and oxygen atoms in total. The third-order valence-corrected chi connectivity index (χ3v) is 4.01. The zero-order chi connectivity index (χ0) is 18.1. The first-order valence-electron chi connectivity index (χ1n) is 8.61. The molecule has 0 aliphatic rings. The molecule has 2 aromatic rings. The van der Waals surface area contributed by atoms with Crippen LogP contribution in [-0.2, 0) is 13.2 Å². The number of rotatable bonds is 10. The maximum Gasteiger partial charge on any atom is 0.124 e. The third kappa shape index (κ3) is 7.45. The molecule has 3 N–H and O–H groups in total. The highest BCUT2D eigenvalue weighted by molar-refractivity contribution is 6.30. The SMILES string of the molecule is Cc1ccc(COc2ccc(Cl)cc2CNCCNCC(C)O)cc1. The van der Waals surface area contributed by atoms with Crippen LogP contribution in [0.4, 0.5) is 0 Å². The van der Waals surface area contributed by atoms with Gasteiger partial charge < -0.3 is 20.5 Å². The smallest absolute Gasteiger partial charge is 0.124 e. The number of halogens is 1. The average molecular weight is 363 g/mol. The van der Waals surface area contributed by atoms with Crippen LogP contribution >= 0.6 is 11.6 Å². The topological polar surface area (TPSA) is 53.5 Å². The second-order valence-corrected chi connectivity index (χ2v) is 6.69. The van der Waals surface area contributed by atoms with Crippen LogP contribution in [0.15, 0.2) is 42.5 Å². The highest BCUT2D eigenvalue weighted by atomic mass is 35.5. The standard InChI is InChI=1S/C20H27ClN2O2/c1-15-3-5-17(6-4-15)14-25-20-8-7-19(21)11-18(20)13-23-10-9-22-12-16(2)24/h3-8,11,16,22-24H,9-10,12-14H2,1-2H3. The van der Waals surface area contributed by atoms with Gasteiger partial charge in [-0.2, -0.15) is 0 Å². The summed E-state index contributed by atoms with van der Waals surface area (Å²) in [5.74, 6) is 0.842. The molecule has 0 fully saturated rings. The Balaban J connectivity index is 1.85. The lowest BCUT2D eigenvalue weighted by atomic mass is 10.1. The molecule has 5 heteroatoms. The molecule has 25 heavy (non-hydrogen) atoms. The van der Waals surface area contributed by atoms with Crippen LogP contribution in [0.2, 0.25) is 5.02 Å². The highest BCUT2D eigenvalue weighted by Crippen LogP contribution is 2.24. The Labute approximate surface area is 155 Å². The lowest BCUT2D eigenvalue weighted by Gasteiger charge is -2.13. The molecule has 136 valence electrons. The van der Waals surface area contributed by atoms with Gasteiger partial charge in [-0.15, -0.1) is 0 Å². The molecular weight excluding hydrogens is 336 g/mol. The van der Waals surface area contributed by atoms with Crippen LogP contribution in [0.3, 0.4) is 0 Å². The Morgan fingerprint density at radius 2 is 1.80 bits per heavy atom. The fraction of sp³-hybridized carbons (Fsp3) is 0.400. The highest BCUT2D eigenvalue weighted by Gasteiger charge is 2.05. The molecule has 0 radical (unpaired) electrons. The van der Waals surface area contributed by atoms with Crippen molar-refractivity contribution >= 4 is 11.6 Å². The quantitative estimate of drug-likeness (QED) is 0.568. The number of benzene rings is 2. The summed E-state index contributed by atoms with van der Waals surface area (Å²) in [6.07, 6.45) is -0.324. The van der Waals surface area contributed by atoms with Crippen molar-refractivity contribution in [2.45, 2.75) is 33.1 Å². The maximum atomic E-state index is 9.21. The Hall–Kier alpha value is -1.59. The van der Waals surface area contributed by atoms with Crippen molar-refractivity contribution in [2.75, 3.05) is 19.6 Å². The maximum absolute atomic E-state index is 9.21. The van der Waals surface area contributed by atoms with E-state index in [1.807, 2.05) is 18.2 Å². The van der Waals surface area contributed by atoms with Crippen LogP contribution in [0, 0.1) is 6.92 Å². The summed E-state index contributed by atoms with van der Waals surface area (Å²) in [6.45, 7) is 7.25. The van der Waals surface area contributed by atoms with Crippen LogP contribution in [0.5, 0.6) is 5.75 Å². The van der Waals surface area contributed by atoms with Gasteiger partial charge in [0.1, 0.15) is 12.4 Å². The zero-order valence-corrected chi connectivity index (χ0v) is 15.6. The van der Waals surface area contributed by atoms with Crippen molar-refractivity contribution in [3.8, 4) is 5.75 Å². The largest absolute Gasteiger partial charge is 0.489 e. The first-order valence-corrected chi connectivity index (χ1v) is 8.98. The van der Waals surface area contributed by atoms with E-state index in [1.54, 1.807) is 6.92 Å². The summed E-state index contributed by atoms with van der Waals surface area (Å²) >= 11 is 6.13. The van der Waals surface area contributed by atoms with Gasteiger partial charge in [0.2, 0.25) is 0 Å². The van der Waals surface area contributed by atoms with Gasteiger partial charge in [0.25, 0.3) is 0 Å². The minimum absolute atomic E-state index is 0.324. The van der Waals surface area contributed by atoms with Crippen LogP contribution in [-0.4, -0.2) is 30.8 Å². The molecule has 1 atom stereocenters. The van der Waals surface area contributed by atoms with Gasteiger partial charge >= 0.3 is 0 Å². The molecule has 0 spiro atoms. The van der Waals surface area contributed by atoms with Crippen LogP contribution < -0.4 is 15.4 Å². The molecule has 0 bridgehead atoms. The van der Waals surface area contributed by atoms with Crippen molar-refractivity contribution < 1.29 is 9.84 Å². The molecule has 1 unspecified atom stereocenters. The van der Waals surface area contributed by atoms with Gasteiger partial charge in [-0.3, -0.25) is 0 Å². The van der Waals surface area contributed by atoms with E-state index in [-0.39, 0.29) is 6.10 Å². The minimum Gasteiger partial charge on any atom is -0.489 e. The molecule has 0 aliphatic heterocycles. The molecule has 0 amide bonds. The lowest BCUT2D eigenvalue weighted by molar-refractivity contribution is 0.191. The number of hydrogen-bond acceptors (Lipinski definition) is 4. The molecule has 0 saturated carbocycles. The predicted octanol–water partition coefficient (Wildman–Crippen LogP) is 3.29. The number of aryl methyl sites for hydroxylation is 1. The van der Waals surface area contributed by atoms with Crippen LogP contribution in [0.25, 0.3) is 0 Å². The molecule has 0 saturated heterocycles. The van der Waals surface area contributed by atoms with E-state index in [9.17, 15) is 5.11 Å². The van der Waals surface area contributed by atoms with Crippen molar-refractivity contribution in [2.24, 2.45) is 0 Å². The van der Waals surface area contributed by atoms with Crippen molar-refractivity contribution in [1.29, 1.82) is 0 Å². The predicted molar refractivity (Wildman–Crippen MR) is 103 cm³/mol. The number of hydrogen-bond donors (Lipinski definition) is 3. The molecule has 2 rings (SSSR count). The van der Waals surface area contributed by atoms with E-state index >= 15 is 0 Å². The van der Waals surface area contributed by atoms with Crippen LogP contribution in [0.1, 0.15) is 23.6 Å². The normalized spacial score (nSPS) is 12.2. The number of nitrogens with one attached hydrogen (secondary N) is 2. The van der Waals surface area contributed by atoms with E-state index in [0.717, 1.165) is 30.0 Å². The zero-order valence-electron chi connectivity index (χ0n) is 14.9. The lowest BCUT2D eigenvalue weighted by Crippen LogP contribution is -2.31. The van der Waals surface area contributed by atoms with E-state index in [2.05, 4.69) is 41.8 Å². The van der Waals surface area contributed by atoms with Gasteiger partial charge in [0.05, 0.1) is 6.10 Å². The minimum atomic E-state index is -0.324. The number of aliphatic hydroxyl groups is 1. The summed E-state index contributed by atoms with van der Waals surface area (Å²) in [5.41, 5.74) is 3.42. The summed E-state index contributed by atoms with van der Waals surface area (Å²) in [4.78, 5) is 0. The Morgan fingerprint density at radius 3 is 2.52 bits per heavy atom. The summed E-state index contributed by atoms with van der Waals surface area (Å²) in [6, 6.07) is 14.0. The van der Waals surface area contributed by atoms with E-state index < -0.39 is 0 Å². The van der Waals surface area contributed by atoms with E-state index in [1.165, 1.54) is 5.56 Å². The summed E-state index contributed by atoms with van der Waals surface area (Å²) < 4.78 is 5.98. The monoisotopic (exact) mass is 362 g/mol. The molecule has 0 aromatic heterocycles. The first-order chi connectivity index (χ1) is 12.0. The molecular formula is C20H27ClN2O2. The van der Waals surface area contributed by atoms with Gasteiger partial charge in [-0.05, 0) is 37.6 Å². The number of ether oxygens (including phenoxy) is 1.